The van der Waals surface area contributed by atoms with Crippen molar-refractivity contribution in [3.63, 3.8) is 0 Å². The van der Waals surface area contributed by atoms with Crippen molar-refractivity contribution >= 4 is 17.1 Å². The number of anilines is 3. The summed E-state index contributed by atoms with van der Waals surface area (Å²) in [5, 5.41) is 0. The van der Waals surface area contributed by atoms with E-state index >= 15 is 0 Å². The second kappa shape index (κ2) is 13.7. The molecule has 0 spiro atoms. The van der Waals surface area contributed by atoms with Crippen LogP contribution in [0.4, 0.5) is 17.1 Å². The van der Waals surface area contributed by atoms with E-state index in [1.165, 1.54) is 12.1 Å². The van der Waals surface area contributed by atoms with Crippen molar-refractivity contribution in [2.75, 3.05) is 4.90 Å². The molecule has 0 aliphatic heterocycles. The molecule has 0 bridgehead atoms. The molecule has 0 amide bonds. The highest BCUT2D eigenvalue weighted by atomic mass is 15.1. The van der Waals surface area contributed by atoms with Gasteiger partial charge in [-0.25, -0.2) is 0 Å². The van der Waals surface area contributed by atoms with Crippen LogP contribution in [0.15, 0.2) is 224 Å². The maximum atomic E-state index is 10.3. The minimum absolute atomic E-state index is 0.0505. The highest BCUT2D eigenvalue weighted by molar-refractivity contribution is 5.88. The molecule has 59 heavy (non-hydrogen) atoms. The lowest BCUT2D eigenvalue weighted by Gasteiger charge is -2.34. The Hall–Kier alpha value is -7.22. The van der Waals surface area contributed by atoms with Crippen LogP contribution in [-0.2, 0) is 10.8 Å². The van der Waals surface area contributed by atoms with Gasteiger partial charge in [-0.1, -0.05) is 195 Å². The Labute approximate surface area is 391 Å². The molecule has 1 nitrogen and oxygen atoms in total. The Bertz CT molecular complexity index is 4690. The van der Waals surface area contributed by atoms with Gasteiger partial charge in [-0.05, 0) is 120 Å². The first-order valence-electron chi connectivity index (χ1n) is 33.6. The van der Waals surface area contributed by atoms with Gasteiger partial charge in [-0.3, -0.25) is 0 Å². The van der Waals surface area contributed by atoms with E-state index in [0.29, 0.717) is 5.56 Å². The van der Waals surface area contributed by atoms with E-state index in [-0.39, 0.29) is 34.5 Å². The zero-order valence-electron chi connectivity index (χ0n) is 61.9. The molecule has 2 aliphatic carbocycles. The highest BCUT2D eigenvalue weighted by Crippen LogP contribution is 2.56. The van der Waals surface area contributed by atoms with Crippen molar-refractivity contribution in [2.24, 2.45) is 0 Å². The van der Waals surface area contributed by atoms with Crippen LogP contribution in [0.2, 0.25) is 0 Å². The molecular weight excluding hydrogens is 711 g/mol. The minimum atomic E-state index is -3.20. The summed E-state index contributed by atoms with van der Waals surface area (Å²) < 4.78 is 284. The van der Waals surface area contributed by atoms with E-state index in [2.05, 4.69) is 0 Å². The van der Waals surface area contributed by atoms with Crippen LogP contribution in [0.3, 0.4) is 0 Å². The van der Waals surface area contributed by atoms with E-state index in [0.717, 1.165) is 29.2 Å². The highest BCUT2D eigenvalue weighted by Gasteiger charge is 2.46. The summed E-state index contributed by atoms with van der Waals surface area (Å²) in [6.45, 7) is 3.34. The molecule has 9 aromatic carbocycles. The third-order valence-electron chi connectivity index (χ3n) is 10.6. The van der Waals surface area contributed by atoms with Gasteiger partial charge >= 0.3 is 0 Å². The van der Waals surface area contributed by atoms with Crippen molar-refractivity contribution in [3.05, 3.63) is 257 Å². The largest absolute Gasteiger partial charge is 0.310 e. The molecule has 0 heterocycles. The average molecular weight is 785 g/mol. The first-order valence-corrected chi connectivity index (χ1v) is 18.1. The molecule has 280 valence electrons. The quantitative estimate of drug-likeness (QED) is 0.156. The summed E-state index contributed by atoms with van der Waals surface area (Å²) in [4.78, 5) is 0.984. The number of fused-ring (bicyclic) bond motifs is 6. The third kappa shape index (κ3) is 5.46. The molecule has 0 saturated carbocycles. The van der Waals surface area contributed by atoms with Crippen LogP contribution in [0.5, 0.6) is 0 Å². The van der Waals surface area contributed by atoms with E-state index < -0.39 is 253 Å². The van der Waals surface area contributed by atoms with Gasteiger partial charge in [0.1, 0.15) is 0 Å². The Kier molecular flexibility index (Phi) is 3.61. The van der Waals surface area contributed by atoms with Gasteiger partial charge in [-0.2, -0.15) is 0 Å². The fourth-order valence-corrected chi connectivity index (χ4v) is 7.90. The van der Waals surface area contributed by atoms with Gasteiger partial charge in [0.05, 0.1) is 47.9 Å². The lowest BCUT2D eigenvalue weighted by atomic mass is 9.67. The summed E-state index contributed by atoms with van der Waals surface area (Å²) in [5.74, 6) is 0. The third-order valence-corrected chi connectivity index (χ3v) is 10.6. The van der Waals surface area contributed by atoms with Crippen LogP contribution in [0.1, 0.15) is 89.7 Å². The predicted octanol–water partition coefficient (Wildman–Crippen LogP) is 15.2. The minimum Gasteiger partial charge on any atom is -0.310 e. The summed E-state index contributed by atoms with van der Waals surface area (Å²) >= 11 is 0. The zero-order chi connectivity index (χ0) is 66.5. The molecule has 0 saturated heterocycles. The maximum absolute atomic E-state index is 10.3. The number of hydrogen-bond acceptors (Lipinski definition) is 1. The maximum Gasteiger partial charge on any atom is 0.0713 e. The summed E-state index contributed by atoms with van der Waals surface area (Å²) in [5.41, 5.74) is -12.5. The molecule has 0 atom stereocenters. The Morgan fingerprint density at radius 3 is 1.66 bits per heavy atom. The molecule has 9 aromatic rings. The molecule has 0 N–H and O–H groups in total. The van der Waals surface area contributed by atoms with E-state index in [1.54, 1.807) is 13.8 Å². The standard InChI is InChI=1S/C58H43N/c1-57(2)53-25-12-9-22-49(53)52-37-36-48(39-56(52)57)59(46-32-28-41(29-33-46)40-16-5-3-6-17-40)47-34-30-42(31-35-47)43-18-15-21-45(38-43)58(44-19-7-4-8-20-44)54-26-13-10-23-50(54)51-24-11-14-27-55(51)58/h3-39H,1-2H3/i3D,4D,5D,6D,7D,8D,9D,10D,11D,12D,13D,14D,15D,16D,17D,18D,19D,20D,21D,23D,24D,26D,27D,28D,29D,30D,35D,36D,37D,38D,39D. The van der Waals surface area contributed by atoms with Gasteiger partial charge in [0, 0.05) is 22.5 Å². The Morgan fingerprint density at radius 1 is 0.339 bits per heavy atom. The van der Waals surface area contributed by atoms with Crippen molar-refractivity contribution in [1.82, 2.24) is 0 Å². The summed E-state index contributed by atoms with van der Waals surface area (Å²) in [6, 6.07) is -20.4. The number of nitrogens with zero attached hydrogens (tertiary/aromatic N) is 1. The van der Waals surface area contributed by atoms with E-state index in [1.807, 2.05) is 0 Å². The van der Waals surface area contributed by atoms with Gasteiger partial charge < -0.3 is 4.90 Å². The van der Waals surface area contributed by atoms with Gasteiger partial charge in [0.2, 0.25) is 0 Å². The van der Waals surface area contributed by atoms with Crippen molar-refractivity contribution in [1.29, 1.82) is 0 Å². The number of benzene rings is 9. The molecule has 2 aliphatic rings. The molecule has 0 fully saturated rings. The molecule has 0 radical (unpaired) electrons. The number of hydrogen-bond donors (Lipinski definition) is 0. The van der Waals surface area contributed by atoms with Crippen LogP contribution < -0.4 is 4.90 Å². The van der Waals surface area contributed by atoms with Crippen LogP contribution in [-0.4, -0.2) is 0 Å². The van der Waals surface area contributed by atoms with Crippen molar-refractivity contribution in [3.8, 4) is 44.5 Å². The zero-order valence-corrected chi connectivity index (χ0v) is 30.9. The normalized spacial score (nSPS) is 21.2. The SMILES string of the molecule is [2H]c1cc2c(cc1[2H])C(C)(C)c1c([2H])c(N(c3cc([2H])c(-c4c([2H])c([2H])c([2H])c([2H])c4[2H])c([2H])c3)c3cc([2H])c(-c4c([2H])c([2H])c([2H])c(C5(c6c([2H])c([2H])c([2H])c([2H])c6[2H])c6c([2H])c([2H])c([2H])c([2H])c6-c6c([2H])c([2H])c([2H])c([2H])c65)c4[2H])cc3[2H])c([2H])c([2H])c1-2. The predicted molar refractivity (Wildman–Crippen MR) is 247 cm³/mol. The molecular formula is C58H43N. The van der Waals surface area contributed by atoms with Crippen molar-refractivity contribution < 1.29 is 42.5 Å². The van der Waals surface area contributed by atoms with Crippen LogP contribution in [0, 0.1) is 0 Å². The summed E-state index contributed by atoms with van der Waals surface area (Å²) in [7, 11) is 0. The fraction of sp³-hybridized carbons (Fsp3) is 0.0690. The van der Waals surface area contributed by atoms with Crippen LogP contribution in [0.25, 0.3) is 44.5 Å². The molecule has 11 rings (SSSR count). The van der Waals surface area contributed by atoms with Crippen LogP contribution >= 0.6 is 0 Å². The first-order chi connectivity index (χ1) is 41.9. The Balaban J connectivity index is 1.26. The van der Waals surface area contributed by atoms with Gasteiger partial charge in [0.15, 0.2) is 0 Å². The molecule has 1 heteroatoms. The average Bonchev–Trinajstić information content (AvgIpc) is 1.46. The molecule has 0 aromatic heterocycles. The lowest BCUT2D eigenvalue weighted by molar-refractivity contribution is 0.660. The smallest absolute Gasteiger partial charge is 0.0713 e. The number of rotatable bonds is 7. The van der Waals surface area contributed by atoms with E-state index in [9.17, 15) is 23.3 Å². The monoisotopic (exact) mass is 785 g/mol. The van der Waals surface area contributed by atoms with Gasteiger partial charge in [-0.15, -0.1) is 0 Å². The lowest BCUT2D eigenvalue weighted by Crippen LogP contribution is -2.28. The topological polar surface area (TPSA) is 3.24 Å². The second-order valence-electron chi connectivity index (χ2n) is 14.1. The second-order valence-corrected chi connectivity index (χ2v) is 14.1. The molecule has 0 unspecified atom stereocenters. The van der Waals surface area contributed by atoms with E-state index in [4.69, 9.17) is 19.2 Å². The fourth-order valence-electron chi connectivity index (χ4n) is 7.90. The first kappa shape index (κ1) is 15.5. The Morgan fingerprint density at radius 2 is 0.915 bits per heavy atom. The summed E-state index contributed by atoms with van der Waals surface area (Å²) in [6.07, 6.45) is 0. The van der Waals surface area contributed by atoms with Crippen molar-refractivity contribution in [2.45, 2.75) is 24.7 Å². The van der Waals surface area contributed by atoms with Gasteiger partial charge in [0.25, 0.3) is 0 Å².